The molecule has 2 unspecified atom stereocenters. The summed E-state index contributed by atoms with van der Waals surface area (Å²) in [6, 6.07) is 41.3. The van der Waals surface area contributed by atoms with Crippen LogP contribution < -0.4 is 20.8 Å². The number of benzene rings is 5. The lowest BCUT2D eigenvalue weighted by molar-refractivity contribution is -0.162. The Morgan fingerprint density at radius 2 is 1.53 bits per heavy atom. The van der Waals surface area contributed by atoms with Crippen molar-refractivity contribution in [1.82, 2.24) is 15.2 Å². The average Bonchev–Trinajstić information content (AvgIpc) is 3.87. The number of hydrogen-bond donors (Lipinski definition) is 2. The molecule has 2 saturated heterocycles. The number of ether oxygens (including phenoxy) is 3. The third kappa shape index (κ3) is 11.4. The molecule has 9 rings (SSSR count). The Labute approximate surface area is 442 Å². The summed E-state index contributed by atoms with van der Waals surface area (Å²) in [4.78, 5) is 80.8. The van der Waals surface area contributed by atoms with Crippen molar-refractivity contribution in [2.75, 3.05) is 37.1 Å². The molecule has 2 N–H and O–H groups in total. The summed E-state index contributed by atoms with van der Waals surface area (Å²) >= 11 is 5.02. The molecule has 2 aliphatic heterocycles. The molecule has 74 heavy (non-hydrogen) atoms. The quantitative estimate of drug-likeness (QED) is 0.0208. The number of carbonyl (C=O) groups is 4. The Hall–Kier alpha value is -7.06. The number of methoxy groups -OCH3 is 1. The third-order valence-corrected chi connectivity index (χ3v) is 17.1. The zero-order valence-electron chi connectivity index (χ0n) is 40.6. The summed E-state index contributed by atoms with van der Waals surface area (Å²) in [6.45, 7) is 4.44. The first-order valence-electron chi connectivity index (χ1n) is 23.4. The SMILES string of the molecule is COc1ccc(COC(=O)C2(CSc3cc(=O)c4ccc(F)cc4s3)CS[C@@H]3C(NC(=O)C(=NOCC(=O)OC(C)(C)C)c4csc(NC(c5ccccc5)(c5ccccc5)c5ccccc5)n4)C(=O)N3C2)cc1. The van der Waals surface area contributed by atoms with Crippen LogP contribution in [0.15, 0.2) is 159 Å². The van der Waals surface area contributed by atoms with Crippen LogP contribution in [0.3, 0.4) is 0 Å². The van der Waals surface area contributed by atoms with Gasteiger partial charge >= 0.3 is 11.9 Å². The molecule has 0 radical (unpaired) electrons. The van der Waals surface area contributed by atoms with Crippen LogP contribution in [0.2, 0.25) is 0 Å². The van der Waals surface area contributed by atoms with Gasteiger partial charge in [-0.25, -0.2) is 14.2 Å². The summed E-state index contributed by atoms with van der Waals surface area (Å²) in [5.74, 6) is -2.03. The summed E-state index contributed by atoms with van der Waals surface area (Å²) in [5, 5.41) is 12.6. The van der Waals surface area contributed by atoms with E-state index in [0.29, 0.717) is 25.2 Å². The fraction of sp³-hybridized carbons (Fsp3) is 0.255. The molecule has 0 saturated carbocycles. The van der Waals surface area contributed by atoms with Gasteiger partial charge in [-0.3, -0.25) is 19.2 Å². The van der Waals surface area contributed by atoms with E-state index in [0.717, 1.165) is 22.3 Å². The van der Waals surface area contributed by atoms with Crippen LogP contribution in [0.1, 0.15) is 48.7 Å². The molecule has 2 aromatic heterocycles. The maximum absolute atomic E-state index is 14.5. The van der Waals surface area contributed by atoms with Gasteiger partial charge in [-0.1, -0.05) is 108 Å². The van der Waals surface area contributed by atoms with Crippen LogP contribution in [-0.4, -0.2) is 88.1 Å². The molecule has 5 aromatic carbocycles. The molecule has 0 aliphatic carbocycles. The van der Waals surface area contributed by atoms with Gasteiger partial charge in [0.1, 0.15) is 51.8 Å². The molecule has 380 valence electrons. The number of fused-ring (bicyclic) bond motifs is 2. The van der Waals surface area contributed by atoms with Gasteiger partial charge in [0.25, 0.3) is 5.91 Å². The van der Waals surface area contributed by atoms with Crippen molar-refractivity contribution in [2.24, 2.45) is 10.6 Å². The Bertz CT molecular complexity index is 3170. The summed E-state index contributed by atoms with van der Waals surface area (Å²) in [7, 11) is 1.56. The Morgan fingerprint density at radius 3 is 2.15 bits per heavy atom. The number of halogens is 1. The maximum Gasteiger partial charge on any atom is 0.347 e. The summed E-state index contributed by atoms with van der Waals surface area (Å²) < 4.78 is 31.9. The van der Waals surface area contributed by atoms with Crippen molar-refractivity contribution < 1.29 is 42.6 Å². The zero-order valence-corrected chi connectivity index (χ0v) is 43.8. The van der Waals surface area contributed by atoms with Gasteiger partial charge in [0.2, 0.25) is 12.5 Å². The van der Waals surface area contributed by atoms with E-state index < -0.39 is 64.1 Å². The molecule has 0 spiro atoms. The van der Waals surface area contributed by atoms with Crippen LogP contribution in [0, 0.1) is 11.2 Å². The topological polar surface area (TPSA) is 175 Å². The molecule has 2 amide bonds. The number of anilines is 1. The second kappa shape index (κ2) is 22.2. The fourth-order valence-electron chi connectivity index (χ4n) is 8.62. The molecule has 19 heteroatoms. The highest BCUT2D eigenvalue weighted by Gasteiger charge is 2.58. The van der Waals surface area contributed by atoms with Gasteiger partial charge in [-0.2, -0.15) is 0 Å². The van der Waals surface area contributed by atoms with E-state index in [1.54, 1.807) is 57.5 Å². The molecule has 3 atom stereocenters. The van der Waals surface area contributed by atoms with Crippen molar-refractivity contribution in [2.45, 2.75) is 54.1 Å². The molecule has 2 fully saturated rings. The van der Waals surface area contributed by atoms with Crippen LogP contribution in [0.4, 0.5) is 9.52 Å². The average molecular weight is 1070 g/mol. The van der Waals surface area contributed by atoms with Gasteiger partial charge in [0.05, 0.1) is 11.3 Å². The molecule has 4 heterocycles. The minimum atomic E-state index is -1.25. The lowest BCUT2D eigenvalue weighted by atomic mass is 9.77. The number of hydrogen-bond acceptors (Lipinski definition) is 16. The van der Waals surface area contributed by atoms with Crippen molar-refractivity contribution in [3.63, 3.8) is 0 Å². The van der Waals surface area contributed by atoms with Gasteiger partial charge in [-0.05, 0) is 73.4 Å². The number of rotatable bonds is 18. The lowest BCUT2D eigenvalue weighted by Crippen LogP contribution is -2.74. The highest BCUT2D eigenvalue weighted by Crippen LogP contribution is 2.46. The summed E-state index contributed by atoms with van der Waals surface area (Å²) in [6.07, 6.45) is 0. The van der Waals surface area contributed by atoms with Crippen molar-refractivity contribution >= 4 is 90.9 Å². The number of esters is 2. The minimum absolute atomic E-state index is 0.0454. The second-order valence-electron chi connectivity index (χ2n) is 18.5. The molecule has 0 bridgehead atoms. The minimum Gasteiger partial charge on any atom is -0.497 e. The van der Waals surface area contributed by atoms with Gasteiger partial charge in [0.15, 0.2) is 16.3 Å². The highest BCUT2D eigenvalue weighted by molar-refractivity contribution is 8.01. The number of thiazole rings is 1. The van der Waals surface area contributed by atoms with E-state index in [4.69, 9.17) is 24.0 Å². The first kappa shape index (κ1) is 51.8. The van der Waals surface area contributed by atoms with E-state index in [1.807, 2.05) is 91.0 Å². The van der Waals surface area contributed by atoms with E-state index in [2.05, 4.69) is 15.8 Å². The molecule has 14 nitrogen and oxygen atoms in total. The van der Waals surface area contributed by atoms with Crippen LogP contribution >= 0.6 is 46.2 Å². The predicted octanol–water partition coefficient (Wildman–Crippen LogP) is 9.25. The van der Waals surface area contributed by atoms with E-state index in [-0.39, 0.29) is 41.5 Å². The van der Waals surface area contributed by atoms with E-state index in [9.17, 15) is 28.4 Å². The Balaban J connectivity index is 0.972. The van der Waals surface area contributed by atoms with Crippen LogP contribution in [-0.2, 0) is 45.6 Å². The van der Waals surface area contributed by atoms with E-state index in [1.165, 1.54) is 75.4 Å². The third-order valence-electron chi connectivity index (χ3n) is 12.2. The zero-order chi connectivity index (χ0) is 52.0. The molecular weight excluding hydrogens is 1020 g/mol. The predicted molar refractivity (Wildman–Crippen MR) is 287 cm³/mol. The highest BCUT2D eigenvalue weighted by atomic mass is 32.2. The molecule has 7 aromatic rings. The van der Waals surface area contributed by atoms with Crippen molar-refractivity contribution in [1.29, 1.82) is 0 Å². The van der Waals surface area contributed by atoms with Gasteiger partial charge < -0.3 is 34.6 Å². The smallest absolute Gasteiger partial charge is 0.347 e. The van der Waals surface area contributed by atoms with Gasteiger partial charge in [0, 0.05) is 39.6 Å². The standard InChI is InChI=1S/C55H50FN5O9S4/c1-53(2,3)70-44(63)29-69-60-46(41-30-71-52(57-41)59-55(35-14-8-5-9-15-35,36-16-10-6-11-17-36)37-18-12-7-13-19-37)48(64)58-47-49(65)61-31-54(33-73-50(47)61,51(66)68-28-34-20-23-39(67-4)24-21-34)32-72-45-27-42(62)40-25-22-38(56)26-43(40)74-45/h5-27,30,47,50H,28-29,31-33H2,1-4H3,(H,57,59)(H,58,64)/t47?,50-,54?/m1/s1. The number of nitrogens with one attached hydrogen (secondary N) is 2. The summed E-state index contributed by atoms with van der Waals surface area (Å²) in [5.41, 5.74) is 0.0212. The maximum atomic E-state index is 14.5. The van der Waals surface area contributed by atoms with Crippen molar-refractivity contribution in [3.05, 3.63) is 189 Å². The van der Waals surface area contributed by atoms with Crippen LogP contribution in [0.25, 0.3) is 10.1 Å². The number of amides is 2. The molecular formula is C55H50FN5O9S4. The van der Waals surface area contributed by atoms with Gasteiger partial charge in [-0.15, -0.1) is 46.2 Å². The number of nitrogens with zero attached hydrogens (tertiary/aromatic N) is 3. The number of thioether (sulfide) groups is 2. The van der Waals surface area contributed by atoms with Crippen molar-refractivity contribution in [3.8, 4) is 5.75 Å². The molecule has 2 aliphatic rings. The normalized spacial score (nSPS) is 17.7. The fourth-order valence-corrected chi connectivity index (χ4v) is 13.5. The Morgan fingerprint density at radius 1 is 0.878 bits per heavy atom. The number of aromatic nitrogens is 1. The Kier molecular flexibility index (Phi) is 15.5. The monoisotopic (exact) mass is 1070 g/mol. The largest absolute Gasteiger partial charge is 0.497 e. The first-order valence-corrected chi connectivity index (χ1v) is 27.1. The van der Waals surface area contributed by atoms with Crippen LogP contribution in [0.5, 0.6) is 5.75 Å². The number of oxime groups is 1. The second-order valence-corrected chi connectivity index (χ2v) is 22.8. The lowest BCUT2D eigenvalue weighted by Gasteiger charge is -2.54. The number of carbonyl (C=O) groups excluding carboxylic acids is 4. The van der Waals surface area contributed by atoms with E-state index >= 15 is 0 Å². The number of β-lactam (4-membered cyclic amide) rings is 1. The first-order chi connectivity index (χ1) is 35.6.